The second-order valence-corrected chi connectivity index (χ2v) is 5.08. The van der Waals surface area contributed by atoms with E-state index < -0.39 is 9.39 Å². The van der Waals surface area contributed by atoms with Gasteiger partial charge in [0.05, 0.1) is 0 Å². The Kier molecular flexibility index (Phi) is 1.46. The Labute approximate surface area is 74.6 Å². The highest BCUT2D eigenvalue weighted by Gasteiger charge is 2.66. The predicted octanol–water partition coefficient (Wildman–Crippen LogP) is 2.68. The molecule has 0 radical (unpaired) electrons. The standard InChI is InChI=1S/C6H7Cl3O/c7-5(8)2-1-3-6(9)4(5)10-6/h4H,1-3H2/t4-,6+/m0/s1. The van der Waals surface area contributed by atoms with Gasteiger partial charge in [-0.2, -0.15) is 0 Å². The molecule has 1 saturated carbocycles. The van der Waals surface area contributed by atoms with Gasteiger partial charge >= 0.3 is 0 Å². The number of epoxide rings is 1. The molecule has 1 saturated heterocycles. The van der Waals surface area contributed by atoms with Crippen molar-refractivity contribution in [3.63, 3.8) is 0 Å². The normalized spacial score (nSPS) is 50.1. The van der Waals surface area contributed by atoms with Gasteiger partial charge in [-0.25, -0.2) is 0 Å². The maximum atomic E-state index is 5.94. The number of hydrogen-bond donors (Lipinski definition) is 0. The molecule has 2 aliphatic rings. The first kappa shape index (κ1) is 7.48. The molecule has 2 fully saturated rings. The van der Waals surface area contributed by atoms with E-state index in [1.165, 1.54) is 0 Å². The average Bonchev–Trinajstić information content (AvgIpc) is 2.41. The van der Waals surface area contributed by atoms with Crippen LogP contribution in [0.5, 0.6) is 0 Å². The van der Waals surface area contributed by atoms with Crippen molar-refractivity contribution in [2.75, 3.05) is 0 Å². The zero-order valence-corrected chi connectivity index (χ0v) is 7.51. The van der Waals surface area contributed by atoms with Gasteiger partial charge in [0.1, 0.15) is 10.4 Å². The molecule has 1 heterocycles. The van der Waals surface area contributed by atoms with Gasteiger partial charge in [-0.15, -0.1) is 0 Å². The lowest BCUT2D eigenvalue weighted by Gasteiger charge is -2.22. The van der Waals surface area contributed by atoms with Crippen LogP contribution in [0.1, 0.15) is 19.3 Å². The third kappa shape index (κ3) is 0.953. The lowest BCUT2D eigenvalue weighted by atomic mass is 9.99. The molecule has 2 atom stereocenters. The van der Waals surface area contributed by atoms with Crippen LogP contribution in [-0.4, -0.2) is 15.5 Å². The Balaban J connectivity index is 2.16. The quantitative estimate of drug-likeness (QED) is 0.434. The first-order valence-corrected chi connectivity index (χ1v) is 4.43. The maximum Gasteiger partial charge on any atom is 0.171 e. The summed E-state index contributed by atoms with van der Waals surface area (Å²) in [4.78, 5) is 0. The van der Waals surface area contributed by atoms with E-state index in [0.717, 1.165) is 19.3 Å². The van der Waals surface area contributed by atoms with Crippen molar-refractivity contribution >= 4 is 34.8 Å². The Morgan fingerprint density at radius 2 is 1.90 bits per heavy atom. The van der Waals surface area contributed by atoms with Gasteiger partial charge < -0.3 is 4.74 Å². The molecule has 0 N–H and O–H groups in total. The number of halogens is 3. The van der Waals surface area contributed by atoms with Crippen molar-refractivity contribution in [1.29, 1.82) is 0 Å². The summed E-state index contributed by atoms with van der Waals surface area (Å²) in [5.74, 6) is 0. The Bertz CT molecular complexity index is 170. The average molecular weight is 201 g/mol. The first-order valence-electron chi connectivity index (χ1n) is 3.29. The third-order valence-electron chi connectivity index (χ3n) is 2.06. The molecular formula is C6H7Cl3O. The highest BCUT2D eigenvalue weighted by atomic mass is 35.5. The summed E-state index contributed by atoms with van der Waals surface area (Å²) in [6, 6.07) is 0. The third-order valence-corrected chi connectivity index (χ3v) is 3.31. The summed E-state index contributed by atoms with van der Waals surface area (Å²) in [5.41, 5.74) is 0. The van der Waals surface area contributed by atoms with E-state index in [2.05, 4.69) is 0 Å². The fraction of sp³-hybridized carbons (Fsp3) is 1.00. The second kappa shape index (κ2) is 1.95. The van der Waals surface area contributed by atoms with E-state index in [4.69, 9.17) is 39.5 Å². The van der Waals surface area contributed by atoms with Crippen LogP contribution < -0.4 is 0 Å². The van der Waals surface area contributed by atoms with Crippen molar-refractivity contribution in [1.82, 2.24) is 0 Å². The van der Waals surface area contributed by atoms with Gasteiger partial charge in [-0.1, -0.05) is 34.8 Å². The van der Waals surface area contributed by atoms with E-state index in [1.807, 2.05) is 0 Å². The van der Waals surface area contributed by atoms with Crippen LogP contribution in [-0.2, 0) is 4.74 Å². The lowest BCUT2D eigenvalue weighted by molar-refractivity contribution is 0.349. The summed E-state index contributed by atoms with van der Waals surface area (Å²) in [7, 11) is 0. The minimum absolute atomic E-state index is 0.140. The molecule has 10 heavy (non-hydrogen) atoms. The fourth-order valence-electron chi connectivity index (χ4n) is 1.45. The molecule has 4 heteroatoms. The van der Waals surface area contributed by atoms with E-state index in [9.17, 15) is 0 Å². The van der Waals surface area contributed by atoms with Crippen LogP contribution in [0.3, 0.4) is 0 Å². The van der Waals surface area contributed by atoms with Crippen molar-refractivity contribution in [2.24, 2.45) is 0 Å². The fourth-order valence-corrected chi connectivity index (χ4v) is 2.68. The minimum Gasteiger partial charge on any atom is -0.346 e. The number of ether oxygens (including phenoxy) is 1. The number of fused-ring (bicyclic) bond motifs is 1. The Hall–Kier alpha value is 0.830. The molecule has 0 bridgehead atoms. The first-order chi connectivity index (χ1) is 4.55. The van der Waals surface area contributed by atoms with Crippen molar-refractivity contribution in [2.45, 2.75) is 34.8 Å². The molecular weight excluding hydrogens is 194 g/mol. The van der Waals surface area contributed by atoms with Crippen molar-refractivity contribution in [3.8, 4) is 0 Å². The summed E-state index contributed by atoms with van der Waals surface area (Å²) in [6.45, 7) is 0. The largest absolute Gasteiger partial charge is 0.346 e. The second-order valence-electron chi connectivity index (χ2n) is 2.90. The molecule has 2 rings (SSSR count). The molecule has 1 aliphatic carbocycles. The van der Waals surface area contributed by atoms with Gasteiger partial charge in [0, 0.05) is 0 Å². The number of rotatable bonds is 0. The molecule has 58 valence electrons. The van der Waals surface area contributed by atoms with Crippen molar-refractivity contribution < 1.29 is 4.74 Å². The van der Waals surface area contributed by atoms with Crippen LogP contribution in [0.2, 0.25) is 0 Å². The molecule has 1 nitrogen and oxygen atoms in total. The molecule has 1 aliphatic heterocycles. The van der Waals surface area contributed by atoms with Crippen LogP contribution >= 0.6 is 34.8 Å². The molecule has 0 aromatic carbocycles. The number of hydrogen-bond acceptors (Lipinski definition) is 1. The molecule has 0 unspecified atom stereocenters. The Morgan fingerprint density at radius 3 is 2.40 bits per heavy atom. The van der Waals surface area contributed by atoms with E-state index in [0.29, 0.717) is 0 Å². The van der Waals surface area contributed by atoms with Gasteiger partial charge in [0.15, 0.2) is 5.06 Å². The molecule has 0 aromatic heterocycles. The van der Waals surface area contributed by atoms with Gasteiger partial charge in [-0.3, -0.25) is 0 Å². The maximum absolute atomic E-state index is 5.94. The van der Waals surface area contributed by atoms with Crippen LogP contribution in [0.4, 0.5) is 0 Å². The SMILES string of the molecule is ClC1(Cl)CCC[C@@]2(Cl)O[C@@H]12. The van der Waals surface area contributed by atoms with E-state index in [1.54, 1.807) is 0 Å². The summed E-state index contributed by atoms with van der Waals surface area (Å²) < 4.78 is 4.45. The molecule has 0 amide bonds. The van der Waals surface area contributed by atoms with Crippen molar-refractivity contribution in [3.05, 3.63) is 0 Å². The highest BCUT2D eigenvalue weighted by Crippen LogP contribution is 2.59. The van der Waals surface area contributed by atoms with Crippen LogP contribution in [0, 0.1) is 0 Å². The van der Waals surface area contributed by atoms with Gasteiger partial charge in [0.25, 0.3) is 0 Å². The lowest BCUT2D eigenvalue weighted by Crippen LogP contribution is -2.30. The van der Waals surface area contributed by atoms with Crippen LogP contribution in [0.25, 0.3) is 0 Å². The predicted molar refractivity (Wildman–Crippen MR) is 41.7 cm³/mol. The topological polar surface area (TPSA) is 12.5 Å². The summed E-state index contributed by atoms with van der Waals surface area (Å²) in [5, 5.41) is -0.512. The number of alkyl halides is 3. The smallest absolute Gasteiger partial charge is 0.171 e. The highest BCUT2D eigenvalue weighted by molar-refractivity contribution is 6.50. The van der Waals surface area contributed by atoms with E-state index in [-0.39, 0.29) is 6.10 Å². The van der Waals surface area contributed by atoms with Crippen LogP contribution in [0.15, 0.2) is 0 Å². The van der Waals surface area contributed by atoms with Gasteiger partial charge in [0.2, 0.25) is 0 Å². The summed E-state index contributed by atoms with van der Waals surface area (Å²) in [6.07, 6.45) is 2.47. The zero-order valence-electron chi connectivity index (χ0n) is 5.24. The zero-order chi connectivity index (χ0) is 7.41. The van der Waals surface area contributed by atoms with Gasteiger partial charge in [-0.05, 0) is 19.3 Å². The minimum atomic E-state index is -0.736. The Morgan fingerprint density at radius 1 is 1.20 bits per heavy atom. The van der Waals surface area contributed by atoms with E-state index >= 15 is 0 Å². The molecule has 0 spiro atoms. The monoisotopic (exact) mass is 200 g/mol. The summed E-state index contributed by atoms with van der Waals surface area (Å²) >= 11 is 17.8. The molecule has 0 aromatic rings.